The molecule has 0 atom stereocenters. The maximum atomic E-state index is 12.5. The number of rotatable bonds is 3. The van der Waals surface area contributed by atoms with Crippen LogP contribution in [0, 0.1) is 6.92 Å². The maximum Gasteiger partial charge on any atom is 0.259 e. The van der Waals surface area contributed by atoms with Crippen LogP contribution in [0.15, 0.2) is 36.4 Å². The second kappa shape index (κ2) is 7.44. The highest BCUT2D eigenvalue weighted by Gasteiger charge is 2.27. The van der Waals surface area contributed by atoms with E-state index in [2.05, 4.69) is 5.32 Å². The zero-order valence-electron chi connectivity index (χ0n) is 13.8. The van der Waals surface area contributed by atoms with Crippen molar-refractivity contribution in [2.45, 2.75) is 6.92 Å². The molecule has 138 valence electrons. The lowest BCUT2D eigenvalue weighted by Gasteiger charge is -2.28. The maximum absolute atomic E-state index is 12.5. The Hall–Kier alpha value is -1.80. The molecule has 1 N–H and O–H groups in total. The van der Waals surface area contributed by atoms with Crippen molar-refractivity contribution in [2.75, 3.05) is 28.7 Å². The van der Waals surface area contributed by atoms with E-state index >= 15 is 0 Å². The van der Waals surface area contributed by atoms with E-state index in [-0.39, 0.29) is 23.1 Å². The van der Waals surface area contributed by atoms with Gasteiger partial charge < -0.3 is 10.1 Å². The van der Waals surface area contributed by atoms with Crippen LogP contribution in [-0.2, 0) is 14.8 Å². The molecular weight excluding hydrogens is 399 g/mol. The number of anilines is 2. The van der Waals surface area contributed by atoms with Crippen molar-refractivity contribution >= 4 is 50.5 Å². The second-order valence-electron chi connectivity index (χ2n) is 5.79. The fraction of sp³-hybridized carbons (Fsp3) is 0.235. The number of benzene rings is 2. The molecule has 0 bridgehead atoms. The molecule has 1 amide bonds. The van der Waals surface area contributed by atoms with Gasteiger partial charge in [-0.05, 0) is 48.9 Å². The van der Waals surface area contributed by atoms with Crippen LogP contribution in [0.25, 0.3) is 0 Å². The number of halogens is 2. The first-order valence-corrected chi connectivity index (χ1v) is 10.1. The summed E-state index contributed by atoms with van der Waals surface area (Å²) in [7, 11) is -3.54. The Balaban J connectivity index is 1.83. The van der Waals surface area contributed by atoms with Crippen LogP contribution >= 0.6 is 23.2 Å². The standard InChI is InChI=1S/C17H16Cl2N2O4S/c1-11-8-12(2-5-15(11)18)20-17(22)14-4-3-13(9-16(14)19)21-6-7-25-10-26(21,23)24/h2-5,8-9H,6-7,10H2,1H3,(H,20,22). The largest absolute Gasteiger partial charge is 0.362 e. The first-order chi connectivity index (χ1) is 12.3. The SMILES string of the molecule is Cc1cc(NC(=O)c2ccc(N3CCOCS3(=O)=O)cc2Cl)ccc1Cl. The van der Waals surface area contributed by atoms with Gasteiger partial charge in [-0.3, -0.25) is 9.10 Å². The average Bonchev–Trinajstić information content (AvgIpc) is 2.57. The summed E-state index contributed by atoms with van der Waals surface area (Å²) in [5.41, 5.74) is 2.07. The predicted octanol–water partition coefficient (Wildman–Crippen LogP) is 3.68. The first-order valence-electron chi connectivity index (χ1n) is 7.73. The number of amides is 1. The predicted molar refractivity (Wildman–Crippen MR) is 103 cm³/mol. The monoisotopic (exact) mass is 414 g/mol. The summed E-state index contributed by atoms with van der Waals surface area (Å²) in [5.74, 6) is -0.768. The molecule has 1 heterocycles. The quantitative estimate of drug-likeness (QED) is 0.830. The number of carbonyl (C=O) groups is 1. The molecule has 1 aliphatic rings. The average molecular weight is 415 g/mol. The molecule has 1 aliphatic heterocycles. The van der Waals surface area contributed by atoms with Crippen LogP contribution in [0.2, 0.25) is 10.0 Å². The van der Waals surface area contributed by atoms with E-state index in [1.807, 2.05) is 6.92 Å². The molecule has 2 aromatic rings. The summed E-state index contributed by atoms with van der Waals surface area (Å²) in [4.78, 5) is 12.5. The van der Waals surface area contributed by atoms with Gasteiger partial charge in [-0.2, -0.15) is 0 Å². The smallest absolute Gasteiger partial charge is 0.259 e. The molecule has 6 nitrogen and oxygen atoms in total. The molecule has 0 spiro atoms. The van der Waals surface area contributed by atoms with Crippen LogP contribution in [0.4, 0.5) is 11.4 Å². The Morgan fingerprint density at radius 3 is 2.58 bits per heavy atom. The van der Waals surface area contributed by atoms with E-state index in [1.54, 1.807) is 24.3 Å². The van der Waals surface area contributed by atoms with Gasteiger partial charge in [0.15, 0.2) is 5.94 Å². The zero-order valence-corrected chi connectivity index (χ0v) is 16.2. The van der Waals surface area contributed by atoms with Crippen LogP contribution in [0.5, 0.6) is 0 Å². The van der Waals surface area contributed by atoms with Crippen LogP contribution in [0.3, 0.4) is 0 Å². The molecule has 0 aliphatic carbocycles. The number of aryl methyl sites for hydroxylation is 1. The minimum atomic E-state index is -3.54. The van der Waals surface area contributed by atoms with Crippen LogP contribution in [0.1, 0.15) is 15.9 Å². The minimum Gasteiger partial charge on any atom is -0.362 e. The Morgan fingerprint density at radius 1 is 1.15 bits per heavy atom. The van der Waals surface area contributed by atoms with Crippen LogP contribution < -0.4 is 9.62 Å². The van der Waals surface area contributed by atoms with Crippen molar-refractivity contribution < 1.29 is 17.9 Å². The first kappa shape index (κ1) is 19.0. The Morgan fingerprint density at radius 2 is 1.92 bits per heavy atom. The summed E-state index contributed by atoms with van der Waals surface area (Å²) < 4.78 is 30.4. The van der Waals surface area contributed by atoms with Gasteiger partial charge in [0.2, 0.25) is 0 Å². The van der Waals surface area contributed by atoms with Gasteiger partial charge in [-0.1, -0.05) is 23.2 Å². The van der Waals surface area contributed by atoms with Gasteiger partial charge in [-0.15, -0.1) is 0 Å². The van der Waals surface area contributed by atoms with E-state index in [9.17, 15) is 13.2 Å². The molecule has 0 radical (unpaired) electrons. The van der Waals surface area contributed by atoms with Gasteiger partial charge in [0.05, 0.1) is 29.4 Å². The molecule has 3 rings (SSSR count). The van der Waals surface area contributed by atoms with Crippen molar-refractivity contribution in [1.29, 1.82) is 0 Å². The topological polar surface area (TPSA) is 75.7 Å². The van der Waals surface area contributed by atoms with Gasteiger partial charge in [-0.25, -0.2) is 8.42 Å². The number of nitrogens with one attached hydrogen (secondary N) is 1. The lowest BCUT2D eigenvalue weighted by molar-refractivity contribution is 0.102. The van der Waals surface area contributed by atoms with Crippen LogP contribution in [-0.4, -0.2) is 33.4 Å². The number of ether oxygens (including phenoxy) is 1. The van der Waals surface area contributed by atoms with E-state index < -0.39 is 15.9 Å². The summed E-state index contributed by atoms with van der Waals surface area (Å²) in [6.07, 6.45) is 0. The molecule has 0 saturated carbocycles. The third kappa shape index (κ3) is 3.96. The van der Waals surface area contributed by atoms with Gasteiger partial charge in [0.25, 0.3) is 15.9 Å². The molecule has 0 aromatic heterocycles. The Labute approximate surface area is 161 Å². The van der Waals surface area contributed by atoms with E-state index in [4.69, 9.17) is 27.9 Å². The van der Waals surface area contributed by atoms with Gasteiger partial charge in [0, 0.05) is 10.7 Å². The molecule has 1 fully saturated rings. The number of carbonyl (C=O) groups excluding carboxylic acids is 1. The highest BCUT2D eigenvalue weighted by atomic mass is 35.5. The number of nitrogens with zero attached hydrogens (tertiary/aromatic N) is 1. The zero-order chi connectivity index (χ0) is 18.9. The number of sulfonamides is 1. The van der Waals surface area contributed by atoms with Crippen molar-refractivity contribution in [3.8, 4) is 0 Å². The Kier molecular flexibility index (Phi) is 5.43. The third-order valence-electron chi connectivity index (χ3n) is 3.91. The minimum absolute atomic E-state index is 0.160. The second-order valence-corrected chi connectivity index (χ2v) is 8.45. The molecule has 2 aromatic carbocycles. The number of hydrogen-bond acceptors (Lipinski definition) is 4. The molecule has 9 heteroatoms. The molecular formula is C17H16Cl2N2O4S. The Bertz CT molecular complexity index is 963. The lowest BCUT2D eigenvalue weighted by Crippen LogP contribution is -2.41. The molecule has 26 heavy (non-hydrogen) atoms. The molecule has 1 saturated heterocycles. The summed E-state index contributed by atoms with van der Waals surface area (Å²) in [6.45, 7) is 2.34. The van der Waals surface area contributed by atoms with Crippen molar-refractivity contribution in [3.05, 3.63) is 57.6 Å². The summed E-state index contributed by atoms with van der Waals surface area (Å²) in [5, 5.41) is 3.52. The number of hydrogen-bond donors (Lipinski definition) is 1. The summed E-state index contributed by atoms with van der Waals surface area (Å²) >= 11 is 12.2. The van der Waals surface area contributed by atoms with E-state index in [0.29, 0.717) is 23.0 Å². The molecule has 0 unspecified atom stereocenters. The fourth-order valence-corrected chi connectivity index (χ4v) is 4.19. The normalized spacial score (nSPS) is 16.3. The highest BCUT2D eigenvalue weighted by Crippen LogP contribution is 2.28. The lowest BCUT2D eigenvalue weighted by atomic mass is 10.1. The van der Waals surface area contributed by atoms with Crippen molar-refractivity contribution in [3.63, 3.8) is 0 Å². The third-order valence-corrected chi connectivity index (χ3v) is 6.17. The summed E-state index contributed by atoms with van der Waals surface area (Å²) in [6, 6.07) is 9.66. The fourth-order valence-electron chi connectivity index (χ4n) is 2.57. The van der Waals surface area contributed by atoms with Crippen molar-refractivity contribution in [2.24, 2.45) is 0 Å². The van der Waals surface area contributed by atoms with Crippen molar-refractivity contribution in [1.82, 2.24) is 0 Å². The van der Waals surface area contributed by atoms with E-state index in [0.717, 1.165) is 5.56 Å². The highest BCUT2D eigenvalue weighted by molar-refractivity contribution is 7.92. The van der Waals surface area contributed by atoms with Gasteiger partial charge >= 0.3 is 0 Å². The van der Waals surface area contributed by atoms with E-state index in [1.165, 1.54) is 16.4 Å². The van der Waals surface area contributed by atoms with Gasteiger partial charge in [0.1, 0.15) is 0 Å².